The summed E-state index contributed by atoms with van der Waals surface area (Å²) < 4.78 is 2.61. The minimum absolute atomic E-state index is 0.200. The van der Waals surface area contributed by atoms with Gasteiger partial charge in [-0.25, -0.2) is 4.68 Å². The number of hydrogen-bond donors (Lipinski definition) is 0. The monoisotopic (exact) mass is 472 g/mol. The molecule has 0 bridgehead atoms. The third-order valence-corrected chi connectivity index (χ3v) is 5.69. The van der Waals surface area contributed by atoms with E-state index in [1.807, 2.05) is 36.4 Å². The fourth-order valence-electron chi connectivity index (χ4n) is 3.18. The maximum absolute atomic E-state index is 12.7. The van der Waals surface area contributed by atoms with Crippen molar-refractivity contribution >= 4 is 29.4 Å². The van der Waals surface area contributed by atoms with Crippen molar-refractivity contribution in [1.29, 1.82) is 5.26 Å². The molecule has 12 heteroatoms. The summed E-state index contributed by atoms with van der Waals surface area (Å²) in [6, 6.07) is 17.1. The van der Waals surface area contributed by atoms with Crippen LogP contribution in [0.2, 0.25) is 0 Å². The van der Waals surface area contributed by atoms with Crippen LogP contribution in [0.1, 0.15) is 21.7 Å². The third-order valence-electron chi connectivity index (χ3n) is 4.69. The van der Waals surface area contributed by atoms with Gasteiger partial charge < -0.3 is 0 Å². The van der Waals surface area contributed by atoms with E-state index in [1.54, 1.807) is 26.0 Å². The predicted molar refractivity (Wildman–Crippen MR) is 122 cm³/mol. The Balaban J connectivity index is 1.67. The Morgan fingerprint density at radius 1 is 1.18 bits per heavy atom. The number of aryl methyl sites for hydroxylation is 2. The molecular weight excluding hydrogens is 456 g/mol. The van der Waals surface area contributed by atoms with Crippen LogP contribution in [0.5, 0.6) is 0 Å². The van der Waals surface area contributed by atoms with Gasteiger partial charge >= 0.3 is 0 Å². The number of rotatable bonds is 6. The van der Waals surface area contributed by atoms with Crippen LogP contribution in [-0.2, 0) is 0 Å². The Morgan fingerprint density at radius 3 is 2.59 bits per heavy atom. The van der Waals surface area contributed by atoms with E-state index in [2.05, 4.69) is 20.6 Å². The third kappa shape index (κ3) is 4.59. The average molecular weight is 472 g/mol. The van der Waals surface area contributed by atoms with Gasteiger partial charge in [-0.05, 0) is 71.9 Å². The van der Waals surface area contributed by atoms with Crippen molar-refractivity contribution < 1.29 is 9.72 Å². The van der Waals surface area contributed by atoms with Crippen LogP contribution in [0.3, 0.4) is 0 Å². The fourth-order valence-corrected chi connectivity index (χ4v) is 4.06. The van der Waals surface area contributed by atoms with Gasteiger partial charge in [0.05, 0.1) is 21.2 Å². The van der Waals surface area contributed by atoms with E-state index in [9.17, 15) is 20.2 Å². The molecule has 0 unspecified atom stereocenters. The summed E-state index contributed by atoms with van der Waals surface area (Å²) in [5.74, 6) is -0.615. The van der Waals surface area contributed by atoms with Crippen LogP contribution in [0, 0.1) is 35.3 Å². The first-order valence-electron chi connectivity index (χ1n) is 9.87. The summed E-state index contributed by atoms with van der Waals surface area (Å²) in [6.07, 6.45) is 1.30. The lowest BCUT2D eigenvalue weighted by atomic mass is 10.1. The van der Waals surface area contributed by atoms with E-state index in [-0.39, 0.29) is 11.3 Å². The van der Waals surface area contributed by atoms with Crippen molar-refractivity contribution in [3.8, 4) is 11.8 Å². The van der Waals surface area contributed by atoms with Gasteiger partial charge in [0.15, 0.2) is 0 Å². The van der Waals surface area contributed by atoms with E-state index in [1.165, 1.54) is 22.9 Å². The lowest BCUT2D eigenvalue weighted by molar-refractivity contribution is -0.387. The van der Waals surface area contributed by atoms with Gasteiger partial charge in [-0.15, -0.1) is 5.10 Å². The molecule has 0 amide bonds. The summed E-state index contributed by atoms with van der Waals surface area (Å²) in [4.78, 5) is 24.3. The molecule has 0 aliphatic carbocycles. The zero-order chi connectivity index (χ0) is 24.2. The van der Waals surface area contributed by atoms with E-state index >= 15 is 0 Å². The van der Waals surface area contributed by atoms with Gasteiger partial charge in [0, 0.05) is 11.8 Å². The van der Waals surface area contributed by atoms with Crippen LogP contribution < -0.4 is 0 Å². The topological polar surface area (TPSA) is 145 Å². The van der Waals surface area contributed by atoms with Crippen LogP contribution in [0.25, 0.3) is 11.8 Å². The molecule has 0 aliphatic rings. The van der Waals surface area contributed by atoms with Crippen molar-refractivity contribution in [2.75, 3.05) is 0 Å². The smallest absolute Gasteiger partial charge is 0.266 e. The number of para-hydroxylation sites is 1. The fraction of sp³-hybridized carbons (Fsp3) is 0.0909. The molecule has 2 aromatic heterocycles. The molecular formula is C22H16N8O3S. The van der Waals surface area contributed by atoms with Gasteiger partial charge in [0.2, 0.25) is 5.16 Å². The van der Waals surface area contributed by atoms with Crippen LogP contribution in [-0.4, -0.2) is 40.8 Å². The van der Waals surface area contributed by atoms with Crippen molar-refractivity contribution in [2.24, 2.45) is 0 Å². The summed E-state index contributed by atoms with van der Waals surface area (Å²) in [6.45, 7) is 3.44. The first-order chi connectivity index (χ1) is 16.4. The highest BCUT2D eigenvalue weighted by Gasteiger charge is 2.21. The minimum atomic E-state index is -0.615. The van der Waals surface area contributed by atoms with Gasteiger partial charge in [-0.3, -0.25) is 14.9 Å². The number of carbonyl (C=O) groups excluding carboxylic acids is 1. The molecule has 4 rings (SSSR count). The second-order valence-electron chi connectivity index (χ2n) is 7.11. The maximum atomic E-state index is 12.7. The molecule has 11 nitrogen and oxygen atoms in total. The van der Waals surface area contributed by atoms with E-state index in [4.69, 9.17) is 0 Å². The Hall–Kier alpha value is -4.63. The average Bonchev–Trinajstić information content (AvgIpc) is 3.43. The van der Waals surface area contributed by atoms with E-state index in [0.29, 0.717) is 32.7 Å². The number of hydrogen-bond acceptors (Lipinski definition) is 9. The number of benzene rings is 2. The molecule has 34 heavy (non-hydrogen) atoms. The van der Waals surface area contributed by atoms with Crippen molar-refractivity contribution in [3.05, 3.63) is 87.2 Å². The lowest BCUT2D eigenvalue weighted by Gasteiger charge is -2.06. The number of nitrogens with zero attached hydrogens (tertiary/aromatic N) is 8. The number of nitro groups is 1. The van der Waals surface area contributed by atoms with E-state index < -0.39 is 10.8 Å². The first kappa shape index (κ1) is 22.6. The van der Waals surface area contributed by atoms with Gasteiger partial charge in [0.1, 0.15) is 11.6 Å². The molecule has 0 atom stereocenters. The SMILES string of the molecule is Cc1cc(C)n(C(=O)/C(C#N)=C/c2ccc(Sc3nnnn3-c3ccccc3)c([N+](=O)[O-])c2)n1. The zero-order valence-electron chi connectivity index (χ0n) is 18.0. The number of aromatic nitrogens is 6. The molecule has 0 saturated carbocycles. The molecule has 0 fully saturated rings. The Kier molecular flexibility index (Phi) is 6.28. The second-order valence-corrected chi connectivity index (χ2v) is 8.12. The molecule has 0 N–H and O–H groups in total. The van der Waals surface area contributed by atoms with Crippen LogP contribution in [0.15, 0.2) is 70.2 Å². The normalized spacial score (nSPS) is 11.3. The van der Waals surface area contributed by atoms with Gasteiger partial charge in [-0.1, -0.05) is 24.3 Å². The Bertz CT molecular complexity index is 1470. The quantitative estimate of drug-likeness (QED) is 0.177. The summed E-state index contributed by atoms with van der Waals surface area (Å²) in [5.41, 5.74) is 1.84. The first-order valence-corrected chi connectivity index (χ1v) is 10.7. The molecule has 0 saturated heterocycles. The number of nitriles is 1. The molecule has 0 radical (unpaired) electrons. The Labute approximate surface area is 197 Å². The second kappa shape index (κ2) is 9.47. The molecule has 4 aromatic rings. The number of tetrazole rings is 1. The highest BCUT2D eigenvalue weighted by Crippen LogP contribution is 2.35. The standard InChI is InChI=1S/C22H16N8O3S/c1-14-10-15(2)28(25-14)21(31)17(13-23)11-16-8-9-20(19(12-16)30(32)33)34-22-24-26-27-29(22)18-6-4-3-5-7-18/h3-12H,1-2H3/b17-11+. The van der Waals surface area contributed by atoms with Crippen LogP contribution in [0.4, 0.5) is 5.69 Å². The highest BCUT2D eigenvalue weighted by molar-refractivity contribution is 7.99. The zero-order valence-corrected chi connectivity index (χ0v) is 18.8. The van der Waals surface area contributed by atoms with Crippen LogP contribution >= 0.6 is 11.8 Å². The largest absolute Gasteiger partial charge is 0.289 e. The van der Waals surface area contributed by atoms with E-state index in [0.717, 1.165) is 16.4 Å². The summed E-state index contributed by atoms with van der Waals surface area (Å²) in [7, 11) is 0. The molecule has 2 aromatic carbocycles. The van der Waals surface area contributed by atoms with Crippen molar-refractivity contribution in [1.82, 2.24) is 30.0 Å². The molecule has 2 heterocycles. The summed E-state index contributed by atoms with van der Waals surface area (Å²) >= 11 is 1.03. The van der Waals surface area contributed by atoms with Gasteiger partial charge in [0.25, 0.3) is 11.6 Å². The molecule has 0 spiro atoms. The Morgan fingerprint density at radius 2 is 1.94 bits per heavy atom. The molecule has 168 valence electrons. The number of allylic oxidation sites excluding steroid dienone is 1. The maximum Gasteiger partial charge on any atom is 0.289 e. The van der Waals surface area contributed by atoms with Crippen molar-refractivity contribution in [3.63, 3.8) is 0 Å². The number of carbonyl (C=O) groups is 1. The van der Waals surface area contributed by atoms with Gasteiger partial charge in [-0.2, -0.15) is 15.0 Å². The number of nitro benzene ring substituents is 1. The summed E-state index contributed by atoms with van der Waals surface area (Å²) in [5, 5.41) is 37.3. The highest BCUT2D eigenvalue weighted by atomic mass is 32.2. The van der Waals surface area contributed by atoms with Crippen molar-refractivity contribution in [2.45, 2.75) is 23.9 Å². The molecule has 0 aliphatic heterocycles. The minimum Gasteiger partial charge on any atom is -0.266 e. The predicted octanol–water partition coefficient (Wildman–Crippen LogP) is 3.78. The lowest BCUT2D eigenvalue weighted by Crippen LogP contribution is -2.15.